The molecule has 0 rings (SSSR count). The molecule has 0 aliphatic heterocycles. The SMILES string of the molecule is CSCCC(NC(=O)C(CCCN=C(N)N)NC(=O)C(N)CCCCN)C(=O)NC(CCCCN)C(=O)NC(C(=O)NC(C)C(=O)NC(CCCCN)C(=O)NC(CO)C(=O)NC(C)C(=O)NC(CCC(N)=O)C(=O)O)C(C)C. The summed E-state index contributed by atoms with van der Waals surface area (Å²) in [4.78, 5) is 149. The van der Waals surface area contributed by atoms with E-state index in [1.54, 1.807) is 20.1 Å². The van der Waals surface area contributed by atoms with E-state index in [9.17, 15) is 63.0 Å². The zero-order chi connectivity index (χ0) is 60.2. The van der Waals surface area contributed by atoms with Gasteiger partial charge in [-0.2, -0.15) is 11.8 Å². The molecule has 10 unspecified atom stereocenters. The number of amides is 10. The highest BCUT2D eigenvalue weighted by molar-refractivity contribution is 7.98. The first-order valence-corrected chi connectivity index (χ1v) is 27.9. The number of aliphatic imine (C=N–C) groups is 1. The van der Waals surface area contributed by atoms with Crippen molar-refractivity contribution >= 4 is 82.8 Å². The first kappa shape index (κ1) is 72.6. The molecular weight excluding hydrogens is 1050 g/mol. The molecule has 0 aliphatic rings. The number of guanidine groups is 1. The maximum atomic E-state index is 14.1. The zero-order valence-electron chi connectivity index (χ0n) is 46.3. The summed E-state index contributed by atoms with van der Waals surface area (Å²) in [5.41, 5.74) is 39.1. The minimum absolute atomic E-state index is 0.0117. The predicted molar refractivity (Wildman–Crippen MR) is 296 cm³/mol. The molecule has 0 aromatic rings. The van der Waals surface area contributed by atoms with Crippen LogP contribution < -0.4 is 88.0 Å². The lowest BCUT2D eigenvalue weighted by Crippen LogP contribution is -2.61. The molecule has 31 heteroatoms. The number of thioether (sulfide) groups is 1. The molecule has 30 nitrogen and oxygen atoms in total. The fraction of sp³-hybridized carbons (Fsp3) is 0.750. The molecule has 79 heavy (non-hydrogen) atoms. The Bertz CT molecular complexity index is 2000. The molecule has 0 spiro atoms. The van der Waals surface area contributed by atoms with E-state index in [0.29, 0.717) is 57.2 Å². The Morgan fingerprint density at radius 1 is 0.468 bits per heavy atom. The van der Waals surface area contributed by atoms with Crippen molar-refractivity contribution in [2.75, 3.05) is 44.8 Å². The summed E-state index contributed by atoms with van der Waals surface area (Å²) in [6.45, 7) is 5.87. The maximum Gasteiger partial charge on any atom is 0.326 e. The summed E-state index contributed by atoms with van der Waals surface area (Å²) in [6, 6.07) is -13.0. The van der Waals surface area contributed by atoms with Crippen LogP contribution >= 0.6 is 11.8 Å². The van der Waals surface area contributed by atoms with Gasteiger partial charge in [0.05, 0.1) is 12.6 Å². The highest BCUT2D eigenvalue weighted by atomic mass is 32.2. The van der Waals surface area contributed by atoms with Crippen LogP contribution in [0, 0.1) is 5.92 Å². The van der Waals surface area contributed by atoms with Crippen LogP contribution in [0.3, 0.4) is 0 Å². The van der Waals surface area contributed by atoms with Crippen LogP contribution in [0.2, 0.25) is 0 Å². The number of carbonyl (C=O) groups excluding carboxylic acids is 10. The number of rotatable bonds is 43. The Labute approximate surface area is 466 Å². The topological polar surface area (TPSA) is 531 Å². The second kappa shape index (κ2) is 40.7. The summed E-state index contributed by atoms with van der Waals surface area (Å²) in [7, 11) is 0. The second-order valence-electron chi connectivity index (χ2n) is 19.3. The Hall–Kier alpha value is -6.41. The number of aliphatic hydroxyl groups excluding tert-OH is 1. The van der Waals surface area contributed by atoms with Gasteiger partial charge >= 0.3 is 5.97 Å². The van der Waals surface area contributed by atoms with E-state index < -0.39 is 138 Å². The molecule has 0 aromatic carbocycles. The third kappa shape index (κ3) is 30.5. The van der Waals surface area contributed by atoms with E-state index >= 15 is 0 Å². The lowest BCUT2D eigenvalue weighted by Gasteiger charge is -2.28. The molecule has 0 fully saturated rings. The van der Waals surface area contributed by atoms with Gasteiger partial charge in [-0.3, -0.25) is 52.9 Å². The maximum absolute atomic E-state index is 14.1. The fourth-order valence-electron chi connectivity index (χ4n) is 7.40. The molecule has 0 aromatic heterocycles. The van der Waals surface area contributed by atoms with E-state index in [2.05, 4.69) is 52.8 Å². The van der Waals surface area contributed by atoms with Gasteiger partial charge < -0.3 is 98.2 Å². The number of nitrogens with one attached hydrogen (secondary N) is 9. The van der Waals surface area contributed by atoms with E-state index in [4.69, 9.17) is 40.1 Å². The summed E-state index contributed by atoms with van der Waals surface area (Å²) >= 11 is 1.40. The average Bonchev–Trinajstić information content (AvgIpc) is 3.38. The lowest BCUT2D eigenvalue weighted by atomic mass is 10.0. The number of carboxylic acids is 1. The predicted octanol–water partition coefficient (Wildman–Crippen LogP) is -6.09. The normalized spacial score (nSPS) is 14.9. The van der Waals surface area contributed by atoms with Crippen LogP contribution in [-0.4, -0.2) is 186 Å². The molecular formula is C48H91N17O13S. The molecule has 0 saturated heterocycles. The summed E-state index contributed by atoms with van der Waals surface area (Å²) < 4.78 is 0. The van der Waals surface area contributed by atoms with Crippen molar-refractivity contribution in [2.24, 2.45) is 51.0 Å². The summed E-state index contributed by atoms with van der Waals surface area (Å²) in [5, 5.41) is 42.1. The van der Waals surface area contributed by atoms with Gasteiger partial charge in [0.25, 0.3) is 0 Å². The van der Waals surface area contributed by atoms with Crippen LogP contribution in [0.4, 0.5) is 0 Å². The number of carboxylic acid groups (broad SMARTS) is 1. The van der Waals surface area contributed by atoms with Gasteiger partial charge in [0.1, 0.15) is 54.4 Å². The van der Waals surface area contributed by atoms with Crippen molar-refractivity contribution in [3.63, 3.8) is 0 Å². The molecule has 0 aliphatic carbocycles. The molecule has 10 atom stereocenters. The number of unbranched alkanes of at least 4 members (excludes halogenated alkanes) is 3. The highest BCUT2D eigenvalue weighted by Gasteiger charge is 2.35. The van der Waals surface area contributed by atoms with Crippen LogP contribution in [-0.2, 0) is 52.7 Å². The second-order valence-corrected chi connectivity index (χ2v) is 20.3. The van der Waals surface area contributed by atoms with Crippen LogP contribution in [0.1, 0.15) is 118 Å². The minimum Gasteiger partial charge on any atom is -0.480 e. The quantitative estimate of drug-likeness (QED) is 0.0153. The number of nitrogens with zero attached hydrogens (tertiary/aromatic N) is 1. The van der Waals surface area contributed by atoms with Gasteiger partial charge in [-0.1, -0.05) is 20.3 Å². The van der Waals surface area contributed by atoms with E-state index in [-0.39, 0.29) is 70.5 Å². The van der Waals surface area contributed by atoms with Crippen molar-refractivity contribution in [3.8, 4) is 0 Å². The van der Waals surface area contributed by atoms with Crippen molar-refractivity contribution in [2.45, 2.75) is 178 Å². The lowest BCUT2D eigenvalue weighted by molar-refractivity contribution is -0.142. The van der Waals surface area contributed by atoms with E-state index in [1.165, 1.54) is 25.6 Å². The number of hydrogen-bond acceptors (Lipinski definition) is 18. The van der Waals surface area contributed by atoms with Gasteiger partial charge in [0, 0.05) is 13.0 Å². The monoisotopic (exact) mass is 1150 g/mol. The smallest absolute Gasteiger partial charge is 0.326 e. The van der Waals surface area contributed by atoms with Crippen LogP contribution in [0.15, 0.2) is 4.99 Å². The van der Waals surface area contributed by atoms with E-state index in [1.807, 2.05) is 0 Å². The van der Waals surface area contributed by atoms with Gasteiger partial charge in [-0.15, -0.1) is 0 Å². The van der Waals surface area contributed by atoms with E-state index in [0.717, 1.165) is 0 Å². The average molecular weight is 1150 g/mol. The first-order chi connectivity index (χ1) is 37.3. The fourth-order valence-corrected chi connectivity index (χ4v) is 7.88. The Balaban J connectivity index is 6.31. The molecule has 10 amide bonds. The minimum atomic E-state index is -1.66. The number of aliphatic hydroxyl groups is 1. The Kier molecular flexibility index (Phi) is 37.4. The zero-order valence-corrected chi connectivity index (χ0v) is 47.1. The Morgan fingerprint density at radius 2 is 0.861 bits per heavy atom. The number of aliphatic carboxylic acids is 1. The number of primary amides is 1. The molecule has 0 heterocycles. The number of nitrogens with two attached hydrogens (primary N) is 7. The Morgan fingerprint density at radius 3 is 1.29 bits per heavy atom. The third-order valence-corrected chi connectivity index (χ3v) is 12.8. The molecule has 0 radical (unpaired) electrons. The summed E-state index contributed by atoms with van der Waals surface area (Å²) in [6.07, 6.45) is 4.78. The summed E-state index contributed by atoms with van der Waals surface area (Å²) in [5.74, 6) is -9.99. The number of carbonyl (C=O) groups is 11. The van der Waals surface area contributed by atoms with Gasteiger partial charge in [0.2, 0.25) is 59.1 Å². The standard InChI is InChI=1S/C48H91N17O13S/c1-26(2)37(46(76)58-28(4)38(68)59-30(14-7-10-21-50)42(72)64-35(25-66)45(75)57-27(3)39(69)63-34(47(77)78)17-18-36(53)67)65-44(74)31(15-8-11-22-51)61-43(73)33(19-24-79-5)62-41(71)32(16-12-23-56-48(54)55)60-40(70)29(52)13-6-9-20-49/h26-35,37,66H,6-25,49-52H2,1-5H3,(H2,53,67)(H,57,75)(H,58,76)(H,59,68)(H,60,70)(H,61,73)(H,62,71)(H,63,69)(H,64,72)(H,65,74)(H,77,78)(H4,54,55,56). The molecule has 0 saturated carbocycles. The first-order valence-electron chi connectivity index (χ1n) is 26.5. The largest absolute Gasteiger partial charge is 0.480 e. The van der Waals surface area contributed by atoms with Crippen molar-refractivity contribution in [1.29, 1.82) is 0 Å². The van der Waals surface area contributed by atoms with Gasteiger partial charge in [-0.25, -0.2) is 4.79 Å². The van der Waals surface area contributed by atoms with Crippen molar-refractivity contribution in [1.82, 2.24) is 47.9 Å². The van der Waals surface area contributed by atoms with Crippen LogP contribution in [0.25, 0.3) is 0 Å². The third-order valence-electron chi connectivity index (χ3n) is 12.1. The van der Waals surface area contributed by atoms with Gasteiger partial charge in [-0.05, 0) is 128 Å². The van der Waals surface area contributed by atoms with Crippen molar-refractivity contribution in [3.05, 3.63) is 0 Å². The van der Waals surface area contributed by atoms with Gasteiger partial charge in [0.15, 0.2) is 5.96 Å². The highest BCUT2D eigenvalue weighted by Crippen LogP contribution is 2.11. The molecule has 25 N–H and O–H groups in total. The van der Waals surface area contributed by atoms with Crippen LogP contribution in [0.5, 0.6) is 0 Å². The number of hydrogen-bond donors (Lipinski definition) is 18. The van der Waals surface area contributed by atoms with Crippen molar-refractivity contribution < 1.29 is 63.0 Å². The molecule has 452 valence electrons. The molecule has 0 bridgehead atoms.